The third kappa shape index (κ3) is 7.03. The van der Waals surface area contributed by atoms with Gasteiger partial charge in [0.1, 0.15) is 11.8 Å². The number of carbonyl (C=O) groups is 2. The van der Waals surface area contributed by atoms with Crippen LogP contribution in [0.25, 0.3) is 0 Å². The second-order valence-corrected chi connectivity index (χ2v) is 9.13. The van der Waals surface area contributed by atoms with Gasteiger partial charge in [0.25, 0.3) is 5.91 Å². The van der Waals surface area contributed by atoms with Gasteiger partial charge >= 0.3 is 0 Å². The van der Waals surface area contributed by atoms with E-state index in [1.54, 1.807) is 37.3 Å². The summed E-state index contributed by atoms with van der Waals surface area (Å²) in [5.41, 5.74) is 2.41. The monoisotopic (exact) mass is 498 g/mol. The minimum Gasteiger partial charge on any atom is -0.484 e. The molecular weight excluding hydrogens is 471 g/mol. The van der Waals surface area contributed by atoms with Gasteiger partial charge < -0.3 is 15.0 Å². The molecule has 0 fully saturated rings. The number of halogens is 3. The van der Waals surface area contributed by atoms with E-state index in [0.29, 0.717) is 26.4 Å². The molecule has 0 aliphatic carbocycles. The van der Waals surface area contributed by atoms with Gasteiger partial charge in [-0.2, -0.15) is 0 Å². The van der Waals surface area contributed by atoms with Crippen molar-refractivity contribution >= 4 is 46.6 Å². The molecule has 0 aliphatic heterocycles. The maximum atomic E-state index is 13.2. The smallest absolute Gasteiger partial charge is 0.261 e. The first kappa shape index (κ1) is 26.3. The van der Waals surface area contributed by atoms with Gasteiger partial charge in [-0.25, -0.2) is 0 Å². The molecule has 8 heteroatoms. The highest BCUT2D eigenvalue weighted by Crippen LogP contribution is 2.26. The molecule has 0 spiro atoms. The summed E-state index contributed by atoms with van der Waals surface area (Å²) in [5, 5.41) is 4.51. The molecule has 0 saturated carbocycles. The lowest BCUT2D eigenvalue weighted by atomic mass is 10.1. The summed E-state index contributed by atoms with van der Waals surface area (Å²) in [5.74, 6) is -0.0389. The van der Waals surface area contributed by atoms with Crippen molar-refractivity contribution in [1.29, 1.82) is 0 Å². The molecular formula is C24H29Cl3N2O3. The maximum absolute atomic E-state index is 13.2. The van der Waals surface area contributed by atoms with Crippen molar-refractivity contribution in [3.8, 4) is 5.75 Å². The highest BCUT2D eigenvalue weighted by atomic mass is 35.5. The van der Waals surface area contributed by atoms with Gasteiger partial charge in [0.15, 0.2) is 6.61 Å². The minimum absolute atomic E-state index is 0.00251. The van der Waals surface area contributed by atoms with Crippen LogP contribution in [-0.4, -0.2) is 35.4 Å². The average Bonchev–Trinajstić information content (AvgIpc) is 2.74. The SMILES string of the molecule is CC[C@H](C)NC(=O)[C@H](C)N(Cc1ccc(Cl)cc1Cl)C(=O)COc1cc(C)c(Cl)c(C)c1. The third-order valence-corrected chi connectivity index (χ3v) is 6.48. The molecule has 5 nitrogen and oxygen atoms in total. The summed E-state index contributed by atoms with van der Waals surface area (Å²) >= 11 is 18.5. The zero-order valence-electron chi connectivity index (χ0n) is 19.0. The van der Waals surface area contributed by atoms with Crippen molar-refractivity contribution in [3.63, 3.8) is 0 Å². The van der Waals surface area contributed by atoms with E-state index >= 15 is 0 Å². The zero-order valence-corrected chi connectivity index (χ0v) is 21.2. The fraction of sp³-hybridized carbons (Fsp3) is 0.417. The van der Waals surface area contributed by atoms with Crippen molar-refractivity contribution < 1.29 is 14.3 Å². The Kier molecular flexibility index (Phi) is 9.68. The van der Waals surface area contributed by atoms with Crippen molar-refractivity contribution in [2.24, 2.45) is 0 Å². The third-order valence-electron chi connectivity index (χ3n) is 5.30. The Morgan fingerprint density at radius 2 is 1.69 bits per heavy atom. The number of nitrogens with zero attached hydrogens (tertiary/aromatic N) is 1. The van der Waals surface area contributed by atoms with E-state index in [-0.39, 0.29) is 31.0 Å². The van der Waals surface area contributed by atoms with E-state index in [1.165, 1.54) is 4.90 Å². The number of rotatable bonds is 9. The van der Waals surface area contributed by atoms with E-state index in [0.717, 1.165) is 17.5 Å². The largest absolute Gasteiger partial charge is 0.484 e. The lowest BCUT2D eigenvalue weighted by Crippen LogP contribution is -2.50. The van der Waals surface area contributed by atoms with Crippen LogP contribution < -0.4 is 10.1 Å². The van der Waals surface area contributed by atoms with Gasteiger partial charge in [0.05, 0.1) is 0 Å². The van der Waals surface area contributed by atoms with Crippen molar-refractivity contribution in [2.45, 2.75) is 59.7 Å². The molecule has 1 N–H and O–H groups in total. The first-order valence-electron chi connectivity index (χ1n) is 10.5. The predicted octanol–water partition coefficient (Wildman–Crippen LogP) is 5.97. The van der Waals surface area contributed by atoms with E-state index in [9.17, 15) is 9.59 Å². The molecule has 2 aromatic rings. The van der Waals surface area contributed by atoms with Crippen LogP contribution in [0.4, 0.5) is 0 Å². The Balaban J connectivity index is 2.23. The number of amides is 2. The standard InChI is InChI=1S/C24H29Cl3N2O3/c1-6-16(4)28-24(31)17(5)29(12-18-7-8-19(25)11-21(18)26)22(30)13-32-20-9-14(2)23(27)15(3)10-20/h7-11,16-17H,6,12-13H2,1-5H3,(H,28,31)/t16-,17-/m0/s1. The number of hydrogen-bond donors (Lipinski definition) is 1. The minimum atomic E-state index is -0.722. The second kappa shape index (κ2) is 11.8. The summed E-state index contributed by atoms with van der Waals surface area (Å²) in [6.07, 6.45) is 0.786. The molecule has 0 heterocycles. The number of carbonyl (C=O) groups excluding carboxylic acids is 2. The Morgan fingerprint density at radius 1 is 1.06 bits per heavy atom. The summed E-state index contributed by atoms with van der Waals surface area (Å²) in [6.45, 7) is 9.26. The first-order valence-corrected chi connectivity index (χ1v) is 11.6. The second-order valence-electron chi connectivity index (χ2n) is 7.91. The van der Waals surface area contributed by atoms with Gasteiger partial charge in [-0.15, -0.1) is 0 Å². The molecule has 0 radical (unpaired) electrons. The zero-order chi connectivity index (χ0) is 24.0. The van der Waals surface area contributed by atoms with Crippen molar-refractivity contribution in [2.75, 3.05) is 6.61 Å². The van der Waals surface area contributed by atoms with Gasteiger partial charge in [-0.1, -0.05) is 47.8 Å². The van der Waals surface area contributed by atoms with E-state index in [2.05, 4.69) is 5.32 Å². The number of benzene rings is 2. The van der Waals surface area contributed by atoms with Crippen LogP contribution in [0.2, 0.25) is 15.1 Å². The molecule has 0 bridgehead atoms. The predicted molar refractivity (Wildman–Crippen MR) is 131 cm³/mol. The Labute approximate surface area is 205 Å². The van der Waals surface area contributed by atoms with Gasteiger partial charge in [0, 0.05) is 27.7 Å². The molecule has 2 amide bonds. The highest BCUT2D eigenvalue weighted by molar-refractivity contribution is 6.35. The normalized spacial score (nSPS) is 12.8. The summed E-state index contributed by atoms with van der Waals surface area (Å²) in [4.78, 5) is 27.4. The summed E-state index contributed by atoms with van der Waals surface area (Å²) in [7, 11) is 0. The topological polar surface area (TPSA) is 58.6 Å². The molecule has 0 aromatic heterocycles. The first-order chi connectivity index (χ1) is 15.0. The Morgan fingerprint density at radius 3 is 2.25 bits per heavy atom. The van der Waals surface area contributed by atoms with Crippen LogP contribution in [0, 0.1) is 13.8 Å². The van der Waals surface area contributed by atoms with Gasteiger partial charge in [-0.05, 0) is 75.1 Å². The molecule has 174 valence electrons. The number of hydrogen-bond acceptors (Lipinski definition) is 3. The van der Waals surface area contributed by atoms with Gasteiger partial charge in [-0.3, -0.25) is 9.59 Å². The average molecular weight is 500 g/mol. The Hall–Kier alpha value is -1.95. The van der Waals surface area contributed by atoms with Crippen molar-refractivity contribution in [1.82, 2.24) is 10.2 Å². The van der Waals surface area contributed by atoms with E-state index in [1.807, 2.05) is 27.7 Å². The lowest BCUT2D eigenvalue weighted by Gasteiger charge is -2.30. The van der Waals surface area contributed by atoms with Crippen LogP contribution in [0.3, 0.4) is 0 Å². The van der Waals surface area contributed by atoms with Crippen LogP contribution >= 0.6 is 34.8 Å². The fourth-order valence-electron chi connectivity index (χ4n) is 3.10. The van der Waals surface area contributed by atoms with Gasteiger partial charge in [0.2, 0.25) is 5.91 Å². The fourth-order valence-corrected chi connectivity index (χ4v) is 3.68. The molecule has 0 aliphatic rings. The highest BCUT2D eigenvalue weighted by Gasteiger charge is 2.27. The van der Waals surface area contributed by atoms with Crippen molar-refractivity contribution in [3.05, 3.63) is 62.1 Å². The van der Waals surface area contributed by atoms with E-state index < -0.39 is 6.04 Å². The van der Waals surface area contributed by atoms with Crippen LogP contribution in [-0.2, 0) is 16.1 Å². The quantitative estimate of drug-likeness (QED) is 0.462. The molecule has 0 saturated heterocycles. The maximum Gasteiger partial charge on any atom is 0.261 e. The number of ether oxygens (including phenoxy) is 1. The molecule has 2 aromatic carbocycles. The molecule has 32 heavy (non-hydrogen) atoms. The number of aryl methyl sites for hydroxylation is 2. The van der Waals surface area contributed by atoms with Crippen LogP contribution in [0.5, 0.6) is 5.75 Å². The Bertz CT molecular complexity index is 958. The van der Waals surface area contributed by atoms with E-state index in [4.69, 9.17) is 39.5 Å². The summed E-state index contributed by atoms with van der Waals surface area (Å²) < 4.78 is 5.75. The molecule has 2 rings (SSSR count). The molecule has 2 atom stereocenters. The summed E-state index contributed by atoms with van der Waals surface area (Å²) in [6, 6.07) is 7.89. The number of nitrogens with one attached hydrogen (secondary N) is 1. The van der Waals surface area contributed by atoms with Crippen LogP contribution in [0.15, 0.2) is 30.3 Å². The molecule has 0 unspecified atom stereocenters. The lowest BCUT2D eigenvalue weighted by molar-refractivity contribution is -0.142. The van der Waals surface area contributed by atoms with Crippen LogP contribution in [0.1, 0.15) is 43.9 Å².